The number of nitriles is 1. The average Bonchev–Trinajstić information content (AvgIpc) is 3.11. The van der Waals surface area contributed by atoms with Crippen LogP contribution in [0.15, 0.2) is 35.9 Å². The number of hydrogen-bond acceptors (Lipinski definition) is 5. The maximum Gasteiger partial charge on any atom is 0.262 e. The number of benzene rings is 1. The molecule has 0 radical (unpaired) electrons. The second-order valence-corrected chi connectivity index (χ2v) is 8.30. The van der Waals surface area contributed by atoms with E-state index >= 15 is 0 Å². The number of carbonyl (C=O) groups excluding carboxylic acids is 1. The molecule has 0 bridgehead atoms. The fourth-order valence-corrected chi connectivity index (χ4v) is 4.30. The molecule has 1 aliphatic heterocycles. The number of amides is 1. The van der Waals surface area contributed by atoms with Gasteiger partial charge in [-0.15, -0.1) is 0 Å². The molecule has 1 N–H and O–H groups in total. The van der Waals surface area contributed by atoms with E-state index in [2.05, 4.69) is 27.8 Å². The van der Waals surface area contributed by atoms with E-state index in [1.54, 1.807) is 13.2 Å². The number of rotatable bonds is 9. The zero-order chi connectivity index (χ0) is 23.8. The van der Waals surface area contributed by atoms with Crippen molar-refractivity contribution in [1.82, 2.24) is 14.8 Å². The molecule has 2 aromatic rings. The normalized spacial score (nSPS) is 15.7. The molecule has 0 aliphatic carbocycles. The van der Waals surface area contributed by atoms with Gasteiger partial charge >= 0.3 is 0 Å². The zero-order valence-electron chi connectivity index (χ0n) is 20.1. The van der Waals surface area contributed by atoms with Gasteiger partial charge in [-0.25, -0.2) is 0 Å². The van der Waals surface area contributed by atoms with Crippen molar-refractivity contribution in [3.05, 3.63) is 58.4 Å². The number of aryl methyl sites for hydroxylation is 1. The molecule has 1 fully saturated rings. The molecule has 1 unspecified atom stereocenters. The maximum atomic E-state index is 13.0. The van der Waals surface area contributed by atoms with Gasteiger partial charge in [-0.3, -0.25) is 9.69 Å². The first-order valence-electron chi connectivity index (χ1n) is 11.5. The van der Waals surface area contributed by atoms with Gasteiger partial charge in [0.05, 0.1) is 26.4 Å². The van der Waals surface area contributed by atoms with Gasteiger partial charge < -0.3 is 19.4 Å². The van der Waals surface area contributed by atoms with Crippen molar-refractivity contribution in [3.8, 4) is 11.8 Å². The van der Waals surface area contributed by atoms with Crippen LogP contribution >= 0.6 is 0 Å². The van der Waals surface area contributed by atoms with Gasteiger partial charge in [-0.05, 0) is 55.7 Å². The average molecular weight is 451 g/mol. The van der Waals surface area contributed by atoms with Gasteiger partial charge in [-0.1, -0.05) is 19.1 Å². The van der Waals surface area contributed by atoms with E-state index < -0.39 is 0 Å². The molecule has 1 amide bonds. The Hall–Kier alpha value is -3.08. The molecule has 1 aromatic heterocycles. The highest BCUT2D eigenvalue weighted by Gasteiger charge is 2.24. The van der Waals surface area contributed by atoms with Crippen LogP contribution in [0.3, 0.4) is 0 Å². The lowest BCUT2D eigenvalue weighted by Crippen LogP contribution is -2.44. The highest BCUT2D eigenvalue weighted by Crippen LogP contribution is 2.24. The first-order chi connectivity index (χ1) is 16.0. The molecule has 7 nitrogen and oxygen atoms in total. The van der Waals surface area contributed by atoms with E-state index in [1.165, 1.54) is 0 Å². The fraction of sp³-hybridized carbons (Fsp3) is 0.462. The number of methoxy groups -OCH3 is 1. The van der Waals surface area contributed by atoms with Gasteiger partial charge in [0, 0.05) is 37.6 Å². The molecule has 1 aliphatic rings. The number of nitrogens with zero attached hydrogens (tertiary/aromatic N) is 3. The van der Waals surface area contributed by atoms with Crippen molar-refractivity contribution >= 4 is 12.0 Å². The monoisotopic (exact) mass is 450 g/mol. The van der Waals surface area contributed by atoms with Crippen LogP contribution in [0, 0.1) is 25.2 Å². The SMILES string of the molecule is CCCn1c(C)cc(C=C(C#N)C(=O)NCC(c2ccc(OC)cc2)N2CCOCC2)c1C. The van der Waals surface area contributed by atoms with Crippen LogP contribution < -0.4 is 10.1 Å². The Bertz CT molecular complexity index is 1010. The van der Waals surface area contributed by atoms with Crippen LogP contribution in [0.1, 0.15) is 41.9 Å². The number of aromatic nitrogens is 1. The van der Waals surface area contributed by atoms with Crippen molar-refractivity contribution in [2.45, 2.75) is 39.8 Å². The largest absolute Gasteiger partial charge is 0.497 e. The summed E-state index contributed by atoms with van der Waals surface area (Å²) in [6.45, 7) is 10.4. The highest BCUT2D eigenvalue weighted by molar-refractivity contribution is 6.01. The fourth-order valence-electron chi connectivity index (χ4n) is 4.30. The van der Waals surface area contributed by atoms with Crippen LogP contribution in [-0.4, -0.2) is 55.3 Å². The van der Waals surface area contributed by atoms with E-state index in [9.17, 15) is 10.1 Å². The number of carbonyl (C=O) groups is 1. The van der Waals surface area contributed by atoms with Gasteiger partial charge in [-0.2, -0.15) is 5.26 Å². The highest BCUT2D eigenvalue weighted by atomic mass is 16.5. The summed E-state index contributed by atoms with van der Waals surface area (Å²) in [5, 5.41) is 12.7. The van der Waals surface area contributed by atoms with Crippen LogP contribution in [0.4, 0.5) is 0 Å². The molecule has 2 heterocycles. The second kappa shape index (κ2) is 11.7. The lowest BCUT2D eigenvalue weighted by molar-refractivity contribution is -0.117. The Morgan fingerprint density at radius 1 is 1.27 bits per heavy atom. The molecule has 176 valence electrons. The van der Waals surface area contributed by atoms with Crippen molar-refractivity contribution in [2.75, 3.05) is 40.0 Å². The van der Waals surface area contributed by atoms with E-state index in [0.29, 0.717) is 19.8 Å². The molecule has 1 atom stereocenters. The molecule has 1 saturated heterocycles. The summed E-state index contributed by atoms with van der Waals surface area (Å²) < 4.78 is 13.0. The molecule has 0 saturated carbocycles. The van der Waals surface area contributed by atoms with Crippen LogP contribution in [0.2, 0.25) is 0 Å². The van der Waals surface area contributed by atoms with Crippen LogP contribution in [0.5, 0.6) is 5.75 Å². The molecule has 33 heavy (non-hydrogen) atoms. The molecular weight excluding hydrogens is 416 g/mol. The summed E-state index contributed by atoms with van der Waals surface area (Å²) in [4.78, 5) is 15.3. The quantitative estimate of drug-likeness (QED) is 0.466. The Morgan fingerprint density at radius 3 is 2.58 bits per heavy atom. The van der Waals surface area contributed by atoms with Crippen molar-refractivity contribution in [3.63, 3.8) is 0 Å². The third-order valence-corrected chi connectivity index (χ3v) is 6.17. The molecule has 3 rings (SSSR count). The van der Waals surface area contributed by atoms with E-state index in [4.69, 9.17) is 9.47 Å². The van der Waals surface area contributed by atoms with Gasteiger partial charge in [0.2, 0.25) is 0 Å². The van der Waals surface area contributed by atoms with E-state index in [-0.39, 0.29) is 17.5 Å². The predicted molar refractivity (Wildman–Crippen MR) is 129 cm³/mol. The summed E-state index contributed by atoms with van der Waals surface area (Å²) >= 11 is 0. The van der Waals surface area contributed by atoms with Crippen LogP contribution in [0.25, 0.3) is 6.08 Å². The Labute approximate surface area is 196 Å². The van der Waals surface area contributed by atoms with Crippen LogP contribution in [-0.2, 0) is 16.1 Å². The van der Waals surface area contributed by atoms with Crippen molar-refractivity contribution in [1.29, 1.82) is 5.26 Å². The van der Waals surface area contributed by atoms with Crippen molar-refractivity contribution < 1.29 is 14.3 Å². The van der Waals surface area contributed by atoms with Gasteiger partial charge in [0.25, 0.3) is 5.91 Å². The standard InChI is InChI=1S/C26H34N4O3/c1-5-10-30-19(2)15-22(20(30)3)16-23(17-27)26(31)28-18-25(29-11-13-33-14-12-29)21-6-8-24(32-4)9-7-21/h6-9,15-16,25H,5,10-14,18H2,1-4H3,(H,28,31). The number of ether oxygens (including phenoxy) is 2. The molecular formula is C26H34N4O3. The first kappa shape index (κ1) is 24.6. The summed E-state index contributed by atoms with van der Waals surface area (Å²) in [6, 6.07) is 12.0. The first-order valence-corrected chi connectivity index (χ1v) is 11.5. The summed E-state index contributed by atoms with van der Waals surface area (Å²) in [5.74, 6) is 0.434. The Kier molecular flexibility index (Phi) is 8.70. The topological polar surface area (TPSA) is 79.5 Å². The number of nitrogens with one attached hydrogen (secondary N) is 1. The minimum Gasteiger partial charge on any atom is -0.497 e. The molecule has 7 heteroatoms. The van der Waals surface area contributed by atoms with Crippen molar-refractivity contribution in [2.24, 2.45) is 0 Å². The minimum absolute atomic E-state index is 0.0154. The van der Waals surface area contributed by atoms with E-state index in [0.717, 1.165) is 54.3 Å². The third kappa shape index (κ3) is 6.04. The lowest BCUT2D eigenvalue weighted by atomic mass is 10.0. The summed E-state index contributed by atoms with van der Waals surface area (Å²) in [5.41, 5.74) is 4.31. The minimum atomic E-state index is -0.357. The van der Waals surface area contributed by atoms with Gasteiger partial charge in [0.1, 0.15) is 17.4 Å². The summed E-state index contributed by atoms with van der Waals surface area (Å²) in [7, 11) is 1.64. The third-order valence-electron chi connectivity index (χ3n) is 6.17. The van der Waals surface area contributed by atoms with Gasteiger partial charge in [0.15, 0.2) is 0 Å². The zero-order valence-corrected chi connectivity index (χ0v) is 20.1. The molecule has 1 aromatic carbocycles. The molecule has 0 spiro atoms. The Morgan fingerprint density at radius 2 is 1.97 bits per heavy atom. The number of hydrogen-bond donors (Lipinski definition) is 1. The second-order valence-electron chi connectivity index (χ2n) is 8.30. The predicted octanol–water partition coefficient (Wildman–Crippen LogP) is 3.62. The Balaban J connectivity index is 1.77. The van der Waals surface area contributed by atoms with E-state index in [1.807, 2.05) is 44.2 Å². The maximum absolute atomic E-state index is 13.0. The smallest absolute Gasteiger partial charge is 0.262 e. The lowest BCUT2D eigenvalue weighted by Gasteiger charge is -2.35. The summed E-state index contributed by atoms with van der Waals surface area (Å²) in [6.07, 6.45) is 2.72. The number of morpholine rings is 1.